The molecule has 0 bridgehead atoms. The highest BCUT2D eigenvalue weighted by Gasteiger charge is 2.21. The van der Waals surface area contributed by atoms with Crippen molar-refractivity contribution in [2.75, 3.05) is 7.05 Å². The van der Waals surface area contributed by atoms with Gasteiger partial charge in [-0.05, 0) is 24.0 Å². The van der Waals surface area contributed by atoms with Crippen LogP contribution in [0.2, 0.25) is 0 Å². The Balaban J connectivity index is 2.70. The van der Waals surface area contributed by atoms with Crippen molar-refractivity contribution in [1.29, 1.82) is 0 Å². The monoisotopic (exact) mass is 234 g/mol. The molecule has 0 aliphatic carbocycles. The Labute approximate surface area is 104 Å². The molecule has 0 aromatic heterocycles. The van der Waals surface area contributed by atoms with E-state index in [9.17, 15) is 4.79 Å². The molecule has 0 saturated heterocycles. The third-order valence-electron chi connectivity index (χ3n) is 3.05. The van der Waals surface area contributed by atoms with Gasteiger partial charge in [0.2, 0.25) is 5.91 Å². The minimum Gasteiger partial charge on any atom is -0.340 e. The second-order valence-electron chi connectivity index (χ2n) is 4.89. The maximum Gasteiger partial charge on any atom is 0.239 e. The molecule has 0 radical (unpaired) electrons. The Morgan fingerprint density at radius 2 is 1.94 bits per heavy atom. The van der Waals surface area contributed by atoms with Crippen LogP contribution in [-0.4, -0.2) is 23.9 Å². The van der Waals surface area contributed by atoms with Crippen LogP contribution in [0, 0.1) is 12.8 Å². The van der Waals surface area contributed by atoms with Gasteiger partial charge in [-0.3, -0.25) is 4.79 Å². The van der Waals surface area contributed by atoms with Crippen molar-refractivity contribution in [3.8, 4) is 0 Å². The second kappa shape index (κ2) is 5.82. The van der Waals surface area contributed by atoms with Crippen LogP contribution in [-0.2, 0) is 11.3 Å². The number of hydrogen-bond acceptors (Lipinski definition) is 2. The molecule has 3 nitrogen and oxygen atoms in total. The number of aryl methyl sites for hydroxylation is 1. The quantitative estimate of drug-likeness (QED) is 0.865. The Kier molecular flexibility index (Phi) is 4.70. The smallest absolute Gasteiger partial charge is 0.239 e. The van der Waals surface area contributed by atoms with E-state index in [2.05, 4.69) is 13.0 Å². The topological polar surface area (TPSA) is 46.3 Å². The molecule has 3 heteroatoms. The Morgan fingerprint density at radius 3 is 2.47 bits per heavy atom. The number of carbonyl (C=O) groups excluding carboxylic acids is 1. The second-order valence-corrected chi connectivity index (χ2v) is 4.89. The summed E-state index contributed by atoms with van der Waals surface area (Å²) < 4.78 is 0. The number of hydrogen-bond donors (Lipinski definition) is 1. The van der Waals surface area contributed by atoms with E-state index in [0.717, 1.165) is 0 Å². The zero-order valence-corrected chi connectivity index (χ0v) is 11.1. The Bertz CT molecular complexity index is 388. The number of carbonyl (C=O) groups is 1. The summed E-state index contributed by atoms with van der Waals surface area (Å²) in [6.07, 6.45) is 0. The molecule has 1 aromatic rings. The molecule has 0 spiro atoms. The van der Waals surface area contributed by atoms with Gasteiger partial charge in [0.25, 0.3) is 0 Å². The van der Waals surface area contributed by atoms with Crippen molar-refractivity contribution in [3.05, 3.63) is 35.4 Å². The van der Waals surface area contributed by atoms with Crippen molar-refractivity contribution in [1.82, 2.24) is 4.90 Å². The van der Waals surface area contributed by atoms with Crippen molar-refractivity contribution in [3.63, 3.8) is 0 Å². The molecule has 1 rings (SSSR count). The van der Waals surface area contributed by atoms with E-state index in [1.54, 1.807) is 11.9 Å². The fourth-order valence-electron chi connectivity index (χ4n) is 1.66. The summed E-state index contributed by atoms with van der Waals surface area (Å²) in [5, 5.41) is 0. The normalized spacial score (nSPS) is 12.6. The van der Waals surface area contributed by atoms with Crippen LogP contribution in [0.4, 0.5) is 0 Å². The third kappa shape index (κ3) is 3.56. The van der Waals surface area contributed by atoms with Gasteiger partial charge in [-0.2, -0.15) is 0 Å². The summed E-state index contributed by atoms with van der Waals surface area (Å²) in [5.74, 6) is 0.171. The molecular weight excluding hydrogens is 212 g/mol. The molecule has 0 fully saturated rings. The molecule has 0 saturated carbocycles. The lowest BCUT2D eigenvalue weighted by atomic mass is 10.0. The molecule has 0 aliphatic rings. The largest absolute Gasteiger partial charge is 0.340 e. The highest BCUT2D eigenvalue weighted by Crippen LogP contribution is 2.11. The SMILES string of the molecule is Cc1ccccc1CN(C)C(=O)[C@H](N)C(C)C. The highest BCUT2D eigenvalue weighted by atomic mass is 16.2. The van der Waals surface area contributed by atoms with Gasteiger partial charge >= 0.3 is 0 Å². The summed E-state index contributed by atoms with van der Waals surface area (Å²) in [6, 6.07) is 7.67. The first-order chi connectivity index (χ1) is 7.93. The van der Waals surface area contributed by atoms with Crippen LogP contribution in [0.5, 0.6) is 0 Å². The van der Waals surface area contributed by atoms with Gasteiger partial charge in [-0.15, -0.1) is 0 Å². The van der Waals surface area contributed by atoms with Crippen LogP contribution >= 0.6 is 0 Å². The van der Waals surface area contributed by atoms with E-state index in [-0.39, 0.29) is 11.8 Å². The number of rotatable bonds is 4. The standard InChI is InChI=1S/C14H22N2O/c1-10(2)13(15)14(17)16(4)9-12-8-6-5-7-11(12)3/h5-8,10,13H,9,15H2,1-4H3/t13-/m1/s1. The van der Waals surface area contributed by atoms with E-state index < -0.39 is 6.04 Å². The number of nitrogens with two attached hydrogens (primary N) is 1. The lowest BCUT2D eigenvalue weighted by molar-refractivity contribution is -0.132. The predicted molar refractivity (Wildman–Crippen MR) is 70.5 cm³/mol. The van der Waals surface area contributed by atoms with Gasteiger partial charge in [0, 0.05) is 13.6 Å². The number of likely N-dealkylation sites (N-methyl/N-ethyl adjacent to an activating group) is 1. The number of nitrogens with zero attached hydrogens (tertiary/aromatic N) is 1. The molecule has 94 valence electrons. The number of amides is 1. The molecule has 1 atom stereocenters. The average Bonchev–Trinajstić information content (AvgIpc) is 2.30. The van der Waals surface area contributed by atoms with Gasteiger partial charge in [-0.1, -0.05) is 38.1 Å². The minimum atomic E-state index is -0.413. The first-order valence-corrected chi connectivity index (χ1v) is 5.98. The van der Waals surface area contributed by atoms with Gasteiger partial charge in [0.15, 0.2) is 0 Å². The van der Waals surface area contributed by atoms with Crippen LogP contribution in [0.1, 0.15) is 25.0 Å². The molecule has 17 heavy (non-hydrogen) atoms. The maximum absolute atomic E-state index is 12.0. The van der Waals surface area contributed by atoms with Gasteiger partial charge < -0.3 is 10.6 Å². The van der Waals surface area contributed by atoms with Crippen molar-refractivity contribution >= 4 is 5.91 Å². The van der Waals surface area contributed by atoms with E-state index in [4.69, 9.17) is 5.73 Å². The van der Waals surface area contributed by atoms with Crippen LogP contribution < -0.4 is 5.73 Å². The van der Waals surface area contributed by atoms with E-state index in [0.29, 0.717) is 6.54 Å². The lowest BCUT2D eigenvalue weighted by Gasteiger charge is -2.24. The molecule has 2 N–H and O–H groups in total. The van der Waals surface area contributed by atoms with Gasteiger partial charge in [-0.25, -0.2) is 0 Å². The summed E-state index contributed by atoms with van der Waals surface area (Å²) >= 11 is 0. The molecule has 0 unspecified atom stereocenters. The van der Waals surface area contributed by atoms with E-state index >= 15 is 0 Å². The molecule has 1 amide bonds. The van der Waals surface area contributed by atoms with Crippen molar-refractivity contribution < 1.29 is 4.79 Å². The Hall–Kier alpha value is -1.35. The van der Waals surface area contributed by atoms with Gasteiger partial charge in [0.05, 0.1) is 6.04 Å². The molecule has 0 heterocycles. The Morgan fingerprint density at radius 1 is 1.35 bits per heavy atom. The zero-order valence-electron chi connectivity index (χ0n) is 11.1. The average molecular weight is 234 g/mol. The summed E-state index contributed by atoms with van der Waals surface area (Å²) in [4.78, 5) is 13.7. The summed E-state index contributed by atoms with van der Waals surface area (Å²) in [5.41, 5.74) is 8.23. The first kappa shape index (κ1) is 13.7. The maximum atomic E-state index is 12.0. The number of benzene rings is 1. The van der Waals surface area contributed by atoms with Gasteiger partial charge in [0.1, 0.15) is 0 Å². The fraction of sp³-hybridized carbons (Fsp3) is 0.500. The van der Waals surface area contributed by atoms with Crippen LogP contribution in [0.15, 0.2) is 24.3 Å². The molecule has 0 aliphatic heterocycles. The van der Waals surface area contributed by atoms with Crippen LogP contribution in [0.3, 0.4) is 0 Å². The van der Waals surface area contributed by atoms with Crippen molar-refractivity contribution in [2.45, 2.75) is 33.4 Å². The summed E-state index contributed by atoms with van der Waals surface area (Å²) in [6.45, 7) is 6.59. The first-order valence-electron chi connectivity index (χ1n) is 5.98. The summed E-state index contributed by atoms with van der Waals surface area (Å²) in [7, 11) is 1.80. The van der Waals surface area contributed by atoms with E-state index in [1.807, 2.05) is 32.0 Å². The lowest BCUT2D eigenvalue weighted by Crippen LogP contribution is -2.44. The minimum absolute atomic E-state index is 0.00301. The zero-order chi connectivity index (χ0) is 13.0. The van der Waals surface area contributed by atoms with E-state index in [1.165, 1.54) is 11.1 Å². The highest BCUT2D eigenvalue weighted by molar-refractivity contribution is 5.81. The third-order valence-corrected chi connectivity index (χ3v) is 3.05. The fourth-order valence-corrected chi connectivity index (χ4v) is 1.66. The predicted octanol–water partition coefficient (Wildman–Crippen LogP) is 1.94. The molecule has 1 aromatic carbocycles. The van der Waals surface area contributed by atoms with Crippen molar-refractivity contribution in [2.24, 2.45) is 11.7 Å². The van der Waals surface area contributed by atoms with Crippen LogP contribution in [0.25, 0.3) is 0 Å². The molecular formula is C14H22N2O.